The van der Waals surface area contributed by atoms with Crippen molar-refractivity contribution in [2.24, 2.45) is 0 Å². The Labute approximate surface area is 132 Å². The fourth-order valence-electron chi connectivity index (χ4n) is 3.50. The molecule has 3 heterocycles. The molecule has 0 N–H and O–H groups in total. The van der Waals surface area contributed by atoms with E-state index >= 15 is 0 Å². The van der Waals surface area contributed by atoms with E-state index in [0.29, 0.717) is 23.2 Å². The molecular weight excluding hydrogens is 284 g/mol. The van der Waals surface area contributed by atoms with Gasteiger partial charge in [-0.3, -0.25) is 4.90 Å². The number of hydrogen-bond acceptors (Lipinski definition) is 4. The predicted octanol–water partition coefficient (Wildman–Crippen LogP) is 3.32. The number of piperidine rings is 1. The van der Waals surface area contributed by atoms with Crippen LogP contribution in [0.3, 0.4) is 0 Å². The van der Waals surface area contributed by atoms with E-state index in [1.165, 1.54) is 25.8 Å². The average Bonchev–Trinajstić information content (AvgIpc) is 2.45. The molecule has 2 saturated heterocycles. The van der Waals surface area contributed by atoms with E-state index in [2.05, 4.69) is 35.6 Å². The molecular formula is C16H25ClN4. The van der Waals surface area contributed by atoms with Gasteiger partial charge in [0.25, 0.3) is 0 Å². The molecule has 0 aliphatic carbocycles. The van der Waals surface area contributed by atoms with Gasteiger partial charge in [-0.25, -0.2) is 9.97 Å². The second-order valence-electron chi connectivity index (χ2n) is 6.71. The number of fused-ring (bicyclic) bond motifs is 1. The quantitative estimate of drug-likeness (QED) is 0.785. The Balaban J connectivity index is 1.85. The summed E-state index contributed by atoms with van der Waals surface area (Å²) in [5.41, 5.74) is 0. The molecule has 2 aliphatic rings. The predicted molar refractivity (Wildman–Crippen MR) is 87.2 cm³/mol. The molecule has 2 atom stereocenters. The SMILES string of the molecule is CC(C)c1nc(Cl)cc(N2CC3CCCCN3CC2C)n1. The lowest BCUT2D eigenvalue weighted by Crippen LogP contribution is -2.59. The zero-order valence-electron chi connectivity index (χ0n) is 13.2. The first kappa shape index (κ1) is 15.0. The molecule has 0 radical (unpaired) electrons. The summed E-state index contributed by atoms with van der Waals surface area (Å²) in [6, 6.07) is 3.07. The van der Waals surface area contributed by atoms with Crippen LogP contribution in [0.15, 0.2) is 6.07 Å². The Morgan fingerprint density at radius 3 is 2.81 bits per heavy atom. The number of rotatable bonds is 2. The zero-order valence-corrected chi connectivity index (χ0v) is 14.0. The van der Waals surface area contributed by atoms with Gasteiger partial charge in [-0.15, -0.1) is 0 Å². The summed E-state index contributed by atoms with van der Waals surface area (Å²) in [7, 11) is 0. The second kappa shape index (κ2) is 6.09. The summed E-state index contributed by atoms with van der Waals surface area (Å²) in [5.74, 6) is 2.14. The Kier molecular flexibility index (Phi) is 4.36. The van der Waals surface area contributed by atoms with E-state index in [9.17, 15) is 0 Å². The molecule has 2 unspecified atom stereocenters. The van der Waals surface area contributed by atoms with Gasteiger partial charge in [0.05, 0.1) is 0 Å². The van der Waals surface area contributed by atoms with Crippen molar-refractivity contribution in [2.45, 2.75) is 58.0 Å². The van der Waals surface area contributed by atoms with Crippen molar-refractivity contribution >= 4 is 17.4 Å². The molecule has 21 heavy (non-hydrogen) atoms. The van der Waals surface area contributed by atoms with Crippen LogP contribution in [-0.4, -0.2) is 46.6 Å². The number of hydrogen-bond donors (Lipinski definition) is 0. The summed E-state index contributed by atoms with van der Waals surface area (Å²) >= 11 is 6.21. The Bertz CT molecular complexity index is 505. The lowest BCUT2D eigenvalue weighted by Gasteiger charge is -2.48. The van der Waals surface area contributed by atoms with Crippen LogP contribution in [0.5, 0.6) is 0 Å². The third-order valence-electron chi connectivity index (χ3n) is 4.70. The van der Waals surface area contributed by atoms with Crippen molar-refractivity contribution < 1.29 is 0 Å². The maximum atomic E-state index is 6.21. The van der Waals surface area contributed by atoms with Crippen LogP contribution in [0.4, 0.5) is 5.82 Å². The number of aromatic nitrogens is 2. The smallest absolute Gasteiger partial charge is 0.135 e. The second-order valence-corrected chi connectivity index (χ2v) is 7.09. The van der Waals surface area contributed by atoms with Gasteiger partial charge in [0.15, 0.2) is 0 Å². The van der Waals surface area contributed by atoms with Crippen LogP contribution in [-0.2, 0) is 0 Å². The normalized spacial score (nSPS) is 27.0. The fraction of sp³-hybridized carbons (Fsp3) is 0.750. The van der Waals surface area contributed by atoms with Crippen molar-refractivity contribution in [3.8, 4) is 0 Å². The van der Waals surface area contributed by atoms with Gasteiger partial charge < -0.3 is 4.90 Å². The molecule has 2 fully saturated rings. The van der Waals surface area contributed by atoms with E-state index in [1.54, 1.807) is 0 Å². The Morgan fingerprint density at radius 1 is 1.24 bits per heavy atom. The van der Waals surface area contributed by atoms with Crippen molar-refractivity contribution in [1.29, 1.82) is 0 Å². The summed E-state index contributed by atoms with van der Waals surface area (Å²) in [6.45, 7) is 9.95. The molecule has 0 amide bonds. The van der Waals surface area contributed by atoms with Crippen molar-refractivity contribution in [3.63, 3.8) is 0 Å². The summed E-state index contributed by atoms with van der Waals surface area (Å²) in [5, 5.41) is 0.557. The first-order valence-corrected chi connectivity index (χ1v) is 8.47. The molecule has 0 spiro atoms. The molecule has 1 aromatic heterocycles. The molecule has 1 aromatic rings. The van der Waals surface area contributed by atoms with Gasteiger partial charge in [0, 0.05) is 37.2 Å². The average molecular weight is 309 g/mol. The number of piperazine rings is 1. The molecule has 2 aliphatic heterocycles. The standard InChI is InChI=1S/C16H25ClN4/c1-11(2)16-18-14(17)8-15(19-16)21-10-13-6-4-5-7-20(13)9-12(21)3/h8,11-13H,4-7,9-10H2,1-3H3. The third-order valence-corrected chi connectivity index (χ3v) is 4.89. The van der Waals surface area contributed by atoms with E-state index in [-0.39, 0.29) is 0 Å². The highest BCUT2D eigenvalue weighted by molar-refractivity contribution is 6.29. The van der Waals surface area contributed by atoms with E-state index in [4.69, 9.17) is 16.6 Å². The van der Waals surface area contributed by atoms with Gasteiger partial charge >= 0.3 is 0 Å². The maximum absolute atomic E-state index is 6.21. The summed E-state index contributed by atoms with van der Waals surface area (Å²) in [6.07, 6.45) is 4.00. The lowest BCUT2D eigenvalue weighted by atomic mass is 9.97. The number of nitrogens with zero attached hydrogens (tertiary/aromatic N) is 4. The van der Waals surface area contributed by atoms with Crippen LogP contribution in [0.1, 0.15) is 51.8 Å². The first-order chi connectivity index (χ1) is 10.0. The maximum Gasteiger partial charge on any atom is 0.135 e. The van der Waals surface area contributed by atoms with Gasteiger partial charge in [0.2, 0.25) is 0 Å². The van der Waals surface area contributed by atoms with Crippen LogP contribution in [0.2, 0.25) is 5.15 Å². The molecule has 5 heteroatoms. The van der Waals surface area contributed by atoms with Crippen molar-refractivity contribution in [3.05, 3.63) is 17.0 Å². The molecule has 0 aromatic carbocycles. The zero-order chi connectivity index (χ0) is 15.0. The monoisotopic (exact) mass is 308 g/mol. The minimum Gasteiger partial charge on any atom is -0.351 e. The van der Waals surface area contributed by atoms with Crippen molar-refractivity contribution in [2.75, 3.05) is 24.5 Å². The molecule has 0 saturated carbocycles. The van der Waals surface area contributed by atoms with Crippen LogP contribution >= 0.6 is 11.6 Å². The molecule has 116 valence electrons. The Morgan fingerprint density at radius 2 is 2.05 bits per heavy atom. The number of halogens is 1. The largest absolute Gasteiger partial charge is 0.351 e. The third kappa shape index (κ3) is 3.16. The highest BCUT2D eigenvalue weighted by atomic mass is 35.5. The highest BCUT2D eigenvalue weighted by Gasteiger charge is 2.33. The molecule has 0 bridgehead atoms. The molecule has 3 rings (SSSR count). The van der Waals surface area contributed by atoms with E-state index in [1.807, 2.05) is 6.07 Å². The lowest BCUT2D eigenvalue weighted by molar-refractivity contribution is 0.115. The first-order valence-electron chi connectivity index (χ1n) is 8.09. The topological polar surface area (TPSA) is 32.3 Å². The van der Waals surface area contributed by atoms with Gasteiger partial charge in [0.1, 0.15) is 16.8 Å². The number of anilines is 1. The van der Waals surface area contributed by atoms with Crippen molar-refractivity contribution in [1.82, 2.24) is 14.9 Å². The molecule has 4 nitrogen and oxygen atoms in total. The van der Waals surface area contributed by atoms with Gasteiger partial charge in [-0.1, -0.05) is 31.9 Å². The van der Waals surface area contributed by atoms with Crippen LogP contribution in [0, 0.1) is 0 Å². The van der Waals surface area contributed by atoms with E-state index in [0.717, 1.165) is 24.7 Å². The summed E-state index contributed by atoms with van der Waals surface area (Å²) < 4.78 is 0. The fourth-order valence-corrected chi connectivity index (χ4v) is 3.68. The summed E-state index contributed by atoms with van der Waals surface area (Å²) in [4.78, 5) is 14.2. The van der Waals surface area contributed by atoms with Gasteiger partial charge in [-0.05, 0) is 26.3 Å². The Hall–Kier alpha value is -0.870. The van der Waals surface area contributed by atoms with Gasteiger partial charge in [-0.2, -0.15) is 0 Å². The van der Waals surface area contributed by atoms with E-state index < -0.39 is 0 Å². The minimum absolute atomic E-state index is 0.300. The van der Waals surface area contributed by atoms with Crippen LogP contribution < -0.4 is 4.90 Å². The van der Waals surface area contributed by atoms with Crippen LogP contribution in [0.25, 0.3) is 0 Å². The minimum atomic E-state index is 0.300. The highest BCUT2D eigenvalue weighted by Crippen LogP contribution is 2.28.